The Morgan fingerprint density at radius 2 is 1.58 bits per heavy atom. The van der Waals surface area contributed by atoms with Gasteiger partial charge in [-0.25, -0.2) is 0 Å². The minimum Gasteiger partial charge on any atom is -0.411 e. The van der Waals surface area contributed by atoms with E-state index in [1.54, 1.807) is 0 Å². The minimum atomic E-state index is -1.74. The maximum atomic E-state index is 6.70. The first-order chi connectivity index (χ1) is 8.54. The quantitative estimate of drug-likeness (QED) is 0.387. The van der Waals surface area contributed by atoms with Gasteiger partial charge in [-0.3, -0.25) is 0 Å². The van der Waals surface area contributed by atoms with E-state index in [1.165, 1.54) is 11.1 Å². The zero-order chi connectivity index (χ0) is 15.3. The van der Waals surface area contributed by atoms with Gasteiger partial charge in [0, 0.05) is 0 Å². The van der Waals surface area contributed by atoms with Crippen LogP contribution in [0.25, 0.3) is 0 Å². The summed E-state index contributed by atoms with van der Waals surface area (Å²) in [6.45, 7) is 25.2. The largest absolute Gasteiger partial charge is 0.411 e. The van der Waals surface area contributed by atoms with E-state index < -0.39 is 8.32 Å². The molecular weight excluding hydrogens is 248 g/mol. The van der Waals surface area contributed by atoms with Crippen LogP contribution in [-0.4, -0.2) is 13.9 Å². The molecule has 0 fully saturated rings. The van der Waals surface area contributed by atoms with Crippen LogP contribution >= 0.6 is 0 Å². The van der Waals surface area contributed by atoms with Gasteiger partial charge >= 0.3 is 0 Å². The molecule has 0 aliphatic rings. The van der Waals surface area contributed by atoms with Gasteiger partial charge in [-0.2, -0.15) is 0 Å². The van der Waals surface area contributed by atoms with Crippen LogP contribution in [0, 0.1) is 5.92 Å². The monoisotopic (exact) mass is 280 g/mol. The molecule has 19 heavy (non-hydrogen) atoms. The zero-order valence-corrected chi connectivity index (χ0v) is 14.8. The molecule has 0 N–H and O–H groups in total. The highest BCUT2D eigenvalue weighted by Gasteiger charge is 2.40. The molecule has 0 unspecified atom stereocenters. The first-order valence-electron chi connectivity index (χ1n) is 7.14. The van der Waals surface area contributed by atoms with E-state index in [0.29, 0.717) is 5.92 Å². The van der Waals surface area contributed by atoms with Crippen molar-refractivity contribution < 1.29 is 4.43 Å². The molecule has 0 heterocycles. The van der Waals surface area contributed by atoms with Crippen LogP contribution in [0.1, 0.15) is 40.5 Å². The average molecular weight is 281 g/mol. The third kappa shape index (κ3) is 6.39. The molecule has 0 aliphatic carbocycles. The molecule has 0 radical (unpaired) electrons. The van der Waals surface area contributed by atoms with Gasteiger partial charge in [0.2, 0.25) is 0 Å². The van der Waals surface area contributed by atoms with Crippen molar-refractivity contribution in [3.8, 4) is 0 Å². The Morgan fingerprint density at radius 3 is 1.84 bits per heavy atom. The molecule has 0 spiro atoms. The number of allylic oxidation sites excluding steroid dienone is 1. The SMILES string of the molecule is C=CC[Si](C)(C)OC(CC(=C)C)(CC(=C)C)C(C)C. The Bertz CT molecular complexity index is 323. The second-order valence-corrected chi connectivity index (χ2v) is 11.0. The third-order valence-corrected chi connectivity index (χ3v) is 5.60. The summed E-state index contributed by atoms with van der Waals surface area (Å²) in [5, 5.41) is 0. The zero-order valence-electron chi connectivity index (χ0n) is 13.8. The molecule has 1 nitrogen and oxygen atoms in total. The molecule has 0 bridgehead atoms. The maximum Gasteiger partial charge on any atom is 0.191 e. The predicted octanol–water partition coefficient (Wildman–Crippen LogP) is 5.72. The molecule has 110 valence electrons. The van der Waals surface area contributed by atoms with Crippen LogP contribution in [0.4, 0.5) is 0 Å². The van der Waals surface area contributed by atoms with Crippen molar-refractivity contribution in [2.75, 3.05) is 0 Å². The summed E-state index contributed by atoms with van der Waals surface area (Å²) in [6, 6.07) is 0.980. The first kappa shape index (κ1) is 18.4. The summed E-state index contributed by atoms with van der Waals surface area (Å²) in [5.41, 5.74) is 2.20. The van der Waals surface area contributed by atoms with E-state index in [9.17, 15) is 0 Å². The smallest absolute Gasteiger partial charge is 0.191 e. The molecular formula is C17H32OSi. The van der Waals surface area contributed by atoms with E-state index >= 15 is 0 Å². The Hall–Kier alpha value is -0.603. The summed E-state index contributed by atoms with van der Waals surface area (Å²) in [5.74, 6) is 0.442. The molecule has 0 amide bonds. The van der Waals surface area contributed by atoms with Crippen LogP contribution in [-0.2, 0) is 4.43 Å². The number of hydrogen-bond donors (Lipinski definition) is 0. The van der Waals surface area contributed by atoms with Gasteiger partial charge in [0.25, 0.3) is 0 Å². The fraction of sp³-hybridized carbons (Fsp3) is 0.647. The Kier molecular flexibility index (Phi) is 7.02. The van der Waals surface area contributed by atoms with Gasteiger partial charge < -0.3 is 4.43 Å². The summed E-state index contributed by atoms with van der Waals surface area (Å²) in [7, 11) is -1.74. The lowest BCUT2D eigenvalue weighted by Gasteiger charge is -2.44. The van der Waals surface area contributed by atoms with Crippen LogP contribution in [0.15, 0.2) is 37.0 Å². The van der Waals surface area contributed by atoms with E-state index in [0.717, 1.165) is 18.9 Å². The fourth-order valence-corrected chi connectivity index (χ4v) is 4.88. The number of hydrogen-bond acceptors (Lipinski definition) is 1. The average Bonchev–Trinajstić information content (AvgIpc) is 2.13. The van der Waals surface area contributed by atoms with Gasteiger partial charge in [-0.15, -0.1) is 19.7 Å². The maximum absolute atomic E-state index is 6.70. The normalized spacial score (nSPS) is 12.6. The van der Waals surface area contributed by atoms with Crippen molar-refractivity contribution in [2.45, 2.75) is 65.3 Å². The Morgan fingerprint density at radius 1 is 1.16 bits per heavy atom. The number of rotatable bonds is 9. The van der Waals surface area contributed by atoms with Crippen LogP contribution < -0.4 is 0 Å². The van der Waals surface area contributed by atoms with Gasteiger partial charge in [-0.05, 0) is 51.7 Å². The standard InChI is InChI=1S/C17H32OSi/c1-10-11-19(8,9)18-17(16(6)7,12-14(2)3)13-15(4)5/h10,16H,1-2,4,11-13H2,3,5-9H3. The van der Waals surface area contributed by atoms with Crippen molar-refractivity contribution in [2.24, 2.45) is 5.92 Å². The summed E-state index contributed by atoms with van der Waals surface area (Å²) in [4.78, 5) is 0. The van der Waals surface area contributed by atoms with Crippen molar-refractivity contribution in [3.63, 3.8) is 0 Å². The molecule has 0 rings (SSSR count). The molecule has 0 saturated carbocycles. The lowest BCUT2D eigenvalue weighted by molar-refractivity contribution is 0.0139. The van der Waals surface area contributed by atoms with Gasteiger partial charge in [0.1, 0.15) is 0 Å². The lowest BCUT2D eigenvalue weighted by Crippen LogP contribution is -2.48. The summed E-state index contributed by atoms with van der Waals surface area (Å²) in [6.07, 6.45) is 3.80. The Balaban J connectivity index is 5.37. The Labute approximate surface area is 121 Å². The molecule has 2 heteroatoms. The van der Waals surface area contributed by atoms with Crippen molar-refractivity contribution in [1.29, 1.82) is 0 Å². The molecule has 0 saturated heterocycles. The second kappa shape index (κ2) is 7.25. The van der Waals surface area contributed by atoms with Crippen molar-refractivity contribution in [1.82, 2.24) is 0 Å². The van der Waals surface area contributed by atoms with Crippen LogP contribution in [0.5, 0.6) is 0 Å². The third-order valence-electron chi connectivity index (χ3n) is 3.37. The topological polar surface area (TPSA) is 9.23 Å². The van der Waals surface area contributed by atoms with E-state index in [1.807, 2.05) is 6.08 Å². The van der Waals surface area contributed by atoms with Crippen LogP contribution in [0.3, 0.4) is 0 Å². The molecule has 0 aromatic rings. The highest BCUT2D eigenvalue weighted by molar-refractivity contribution is 6.71. The molecule has 0 aromatic heterocycles. The first-order valence-corrected chi connectivity index (χ1v) is 10.3. The van der Waals surface area contributed by atoms with E-state index in [4.69, 9.17) is 4.43 Å². The van der Waals surface area contributed by atoms with Gasteiger partial charge in [0.15, 0.2) is 8.32 Å². The molecule has 0 aromatic carbocycles. The van der Waals surface area contributed by atoms with Gasteiger partial charge in [-0.1, -0.05) is 31.1 Å². The van der Waals surface area contributed by atoms with E-state index in [-0.39, 0.29) is 5.60 Å². The lowest BCUT2D eigenvalue weighted by atomic mass is 9.80. The highest BCUT2D eigenvalue weighted by Crippen LogP contribution is 2.38. The van der Waals surface area contributed by atoms with Crippen LogP contribution in [0.2, 0.25) is 19.1 Å². The second-order valence-electron chi connectivity index (χ2n) is 6.84. The summed E-state index contributed by atoms with van der Waals surface area (Å²) >= 11 is 0. The van der Waals surface area contributed by atoms with E-state index in [2.05, 4.69) is 60.5 Å². The molecule has 0 aliphatic heterocycles. The summed E-state index contributed by atoms with van der Waals surface area (Å²) < 4.78 is 6.70. The van der Waals surface area contributed by atoms with Gasteiger partial charge in [0.05, 0.1) is 5.60 Å². The van der Waals surface area contributed by atoms with Crippen molar-refractivity contribution >= 4 is 8.32 Å². The molecule has 0 atom stereocenters. The minimum absolute atomic E-state index is 0.156. The highest BCUT2D eigenvalue weighted by atomic mass is 28.4. The predicted molar refractivity (Wildman–Crippen MR) is 90.0 cm³/mol. The fourth-order valence-electron chi connectivity index (χ4n) is 2.62. The van der Waals surface area contributed by atoms with Crippen molar-refractivity contribution in [3.05, 3.63) is 37.0 Å².